The minimum absolute atomic E-state index is 0.0140. The van der Waals surface area contributed by atoms with Crippen LogP contribution in [0.25, 0.3) is 11.4 Å². The molecule has 0 saturated heterocycles. The van der Waals surface area contributed by atoms with Gasteiger partial charge < -0.3 is 10.2 Å². The Hall–Kier alpha value is -2.93. The molecule has 0 saturated carbocycles. The van der Waals surface area contributed by atoms with Gasteiger partial charge in [-0.2, -0.15) is 14.9 Å². The van der Waals surface area contributed by atoms with Crippen LogP contribution in [0.15, 0.2) is 47.6 Å². The van der Waals surface area contributed by atoms with Gasteiger partial charge in [-0.25, -0.2) is 5.10 Å². The highest BCUT2D eigenvalue weighted by Gasteiger charge is 2.08. The number of aromatic nitrogens is 3. The molecule has 0 spiro atoms. The maximum Gasteiger partial charge on any atom is 0.216 e. The molecule has 0 bridgehead atoms. The van der Waals surface area contributed by atoms with Gasteiger partial charge in [0.25, 0.3) is 0 Å². The second-order valence-corrected chi connectivity index (χ2v) is 5.40. The molecule has 7 heteroatoms. The summed E-state index contributed by atoms with van der Waals surface area (Å²) in [5.41, 5.74) is 2.47. The lowest BCUT2D eigenvalue weighted by Gasteiger charge is -2.02. The maximum atomic E-state index is 9.80. The van der Waals surface area contributed by atoms with E-state index in [4.69, 9.17) is 12.2 Å². The Morgan fingerprint density at radius 1 is 1.17 bits per heavy atom. The molecule has 0 atom stereocenters. The van der Waals surface area contributed by atoms with E-state index in [9.17, 15) is 10.2 Å². The van der Waals surface area contributed by atoms with Crippen molar-refractivity contribution in [1.29, 1.82) is 0 Å². The van der Waals surface area contributed by atoms with E-state index in [0.29, 0.717) is 16.2 Å². The van der Waals surface area contributed by atoms with E-state index in [-0.39, 0.29) is 11.5 Å². The number of phenols is 2. The summed E-state index contributed by atoms with van der Waals surface area (Å²) in [6, 6.07) is 12.1. The molecule has 1 aromatic heterocycles. The van der Waals surface area contributed by atoms with Gasteiger partial charge in [0, 0.05) is 17.2 Å². The zero-order chi connectivity index (χ0) is 16.4. The summed E-state index contributed by atoms with van der Waals surface area (Å²) in [5, 5.41) is 30.3. The molecule has 0 fully saturated rings. The maximum absolute atomic E-state index is 9.80. The van der Waals surface area contributed by atoms with Gasteiger partial charge in [0.15, 0.2) is 5.82 Å². The fourth-order valence-electron chi connectivity index (χ4n) is 2.05. The van der Waals surface area contributed by atoms with Gasteiger partial charge in [-0.05, 0) is 31.3 Å². The zero-order valence-electron chi connectivity index (χ0n) is 12.3. The molecular weight excluding hydrogens is 312 g/mol. The number of aromatic amines is 1. The van der Waals surface area contributed by atoms with Crippen molar-refractivity contribution < 1.29 is 10.2 Å². The molecule has 1 heterocycles. The Kier molecular flexibility index (Phi) is 3.94. The molecule has 0 amide bonds. The number of benzene rings is 2. The average Bonchev–Trinajstić information content (AvgIpc) is 2.88. The first-order valence-electron chi connectivity index (χ1n) is 6.85. The Bertz CT molecular complexity index is 926. The molecular formula is C16H14N4O2S. The van der Waals surface area contributed by atoms with E-state index >= 15 is 0 Å². The van der Waals surface area contributed by atoms with Crippen molar-refractivity contribution in [3.05, 3.63) is 58.4 Å². The first-order chi connectivity index (χ1) is 11.0. The van der Waals surface area contributed by atoms with Gasteiger partial charge in [0.05, 0.1) is 6.21 Å². The van der Waals surface area contributed by atoms with Crippen LogP contribution in [0.3, 0.4) is 0 Å². The zero-order valence-corrected chi connectivity index (χ0v) is 13.1. The summed E-state index contributed by atoms with van der Waals surface area (Å²) in [7, 11) is 0. The van der Waals surface area contributed by atoms with Crippen molar-refractivity contribution in [2.75, 3.05) is 0 Å². The van der Waals surface area contributed by atoms with Crippen molar-refractivity contribution in [1.82, 2.24) is 14.9 Å². The number of aromatic hydroxyl groups is 2. The number of H-pyrrole nitrogens is 1. The van der Waals surface area contributed by atoms with Crippen molar-refractivity contribution in [2.24, 2.45) is 5.10 Å². The van der Waals surface area contributed by atoms with E-state index in [1.807, 2.05) is 31.2 Å². The quantitative estimate of drug-likeness (QED) is 0.509. The highest BCUT2D eigenvalue weighted by Crippen LogP contribution is 2.22. The Balaban J connectivity index is 2.00. The van der Waals surface area contributed by atoms with Crippen molar-refractivity contribution in [3.8, 4) is 22.9 Å². The monoisotopic (exact) mass is 326 g/mol. The van der Waals surface area contributed by atoms with E-state index in [0.717, 1.165) is 11.1 Å². The summed E-state index contributed by atoms with van der Waals surface area (Å²) in [4.78, 5) is 0. The highest BCUT2D eigenvalue weighted by molar-refractivity contribution is 7.71. The van der Waals surface area contributed by atoms with Crippen LogP contribution in [-0.2, 0) is 0 Å². The van der Waals surface area contributed by atoms with Gasteiger partial charge in [0.1, 0.15) is 11.5 Å². The fraction of sp³-hybridized carbons (Fsp3) is 0.0625. The van der Waals surface area contributed by atoms with Gasteiger partial charge in [-0.3, -0.25) is 0 Å². The van der Waals surface area contributed by atoms with Crippen LogP contribution in [0.1, 0.15) is 11.1 Å². The molecule has 0 aliphatic carbocycles. The van der Waals surface area contributed by atoms with Crippen molar-refractivity contribution in [2.45, 2.75) is 6.92 Å². The summed E-state index contributed by atoms with van der Waals surface area (Å²) in [6.45, 7) is 2.01. The van der Waals surface area contributed by atoms with E-state index < -0.39 is 0 Å². The molecule has 0 unspecified atom stereocenters. The lowest BCUT2D eigenvalue weighted by Crippen LogP contribution is -1.95. The third kappa shape index (κ3) is 3.14. The molecule has 3 aromatic rings. The van der Waals surface area contributed by atoms with Gasteiger partial charge >= 0.3 is 0 Å². The molecule has 0 aliphatic rings. The van der Waals surface area contributed by atoms with E-state index in [1.165, 1.54) is 23.0 Å². The minimum atomic E-state index is -0.0688. The molecule has 3 rings (SSSR count). The third-order valence-corrected chi connectivity index (χ3v) is 3.55. The normalized spacial score (nSPS) is 11.2. The fourth-order valence-corrected chi connectivity index (χ4v) is 2.23. The van der Waals surface area contributed by atoms with Crippen LogP contribution in [0.2, 0.25) is 0 Å². The predicted octanol–water partition coefficient (Wildman–Crippen LogP) is 3.21. The van der Waals surface area contributed by atoms with E-state index in [1.54, 1.807) is 6.07 Å². The predicted molar refractivity (Wildman–Crippen MR) is 90.3 cm³/mol. The summed E-state index contributed by atoms with van der Waals surface area (Å²) >= 11 is 5.20. The average molecular weight is 326 g/mol. The molecule has 0 radical (unpaired) electrons. The molecule has 116 valence electrons. The lowest BCUT2D eigenvalue weighted by atomic mass is 10.1. The number of phenolic OH excluding ortho intramolecular Hbond substituents is 2. The standard InChI is InChI=1S/C16H14N4O2S/c1-10-2-4-11(5-3-10)15-18-19-16(23)20(15)17-9-12-6-7-13(21)8-14(12)22/h2-9,21-22H,1H3,(H,19,23). The highest BCUT2D eigenvalue weighted by atomic mass is 32.1. The van der Waals surface area contributed by atoms with Gasteiger partial charge in [-0.1, -0.05) is 29.8 Å². The second-order valence-electron chi connectivity index (χ2n) is 5.02. The Morgan fingerprint density at radius 2 is 1.91 bits per heavy atom. The van der Waals surface area contributed by atoms with Crippen LogP contribution >= 0.6 is 12.2 Å². The Labute approximate surface area is 137 Å². The smallest absolute Gasteiger partial charge is 0.216 e. The van der Waals surface area contributed by atoms with Crippen LogP contribution in [0.5, 0.6) is 11.5 Å². The number of hydrogen-bond donors (Lipinski definition) is 3. The van der Waals surface area contributed by atoms with Crippen LogP contribution in [-0.4, -0.2) is 31.3 Å². The summed E-state index contributed by atoms with van der Waals surface area (Å²) in [6.07, 6.45) is 1.46. The van der Waals surface area contributed by atoms with Crippen LogP contribution < -0.4 is 0 Å². The van der Waals surface area contributed by atoms with E-state index in [2.05, 4.69) is 15.3 Å². The molecule has 2 aromatic carbocycles. The number of rotatable bonds is 3. The van der Waals surface area contributed by atoms with Crippen molar-refractivity contribution in [3.63, 3.8) is 0 Å². The van der Waals surface area contributed by atoms with Crippen molar-refractivity contribution >= 4 is 18.4 Å². The number of nitrogens with one attached hydrogen (secondary N) is 1. The topological polar surface area (TPSA) is 86.4 Å². The first-order valence-corrected chi connectivity index (χ1v) is 7.26. The number of nitrogens with zero attached hydrogens (tertiary/aromatic N) is 3. The van der Waals surface area contributed by atoms with Gasteiger partial charge in [-0.15, -0.1) is 0 Å². The lowest BCUT2D eigenvalue weighted by molar-refractivity contribution is 0.450. The molecule has 23 heavy (non-hydrogen) atoms. The number of aryl methyl sites for hydroxylation is 1. The van der Waals surface area contributed by atoms with Crippen LogP contribution in [0.4, 0.5) is 0 Å². The third-order valence-electron chi connectivity index (χ3n) is 3.29. The SMILES string of the molecule is Cc1ccc(-c2n[nH]c(=S)n2N=Cc2ccc(O)cc2O)cc1. The largest absolute Gasteiger partial charge is 0.508 e. The molecule has 0 aliphatic heterocycles. The number of hydrogen-bond acceptors (Lipinski definition) is 5. The molecule has 3 N–H and O–H groups in total. The van der Waals surface area contributed by atoms with Crippen LogP contribution in [0, 0.1) is 11.7 Å². The Morgan fingerprint density at radius 3 is 2.61 bits per heavy atom. The minimum Gasteiger partial charge on any atom is -0.508 e. The molecule has 6 nitrogen and oxygen atoms in total. The summed E-state index contributed by atoms with van der Waals surface area (Å²) < 4.78 is 1.82. The second kappa shape index (κ2) is 6.05. The first kappa shape index (κ1) is 15.0. The van der Waals surface area contributed by atoms with Gasteiger partial charge in [0.2, 0.25) is 4.77 Å². The summed E-state index contributed by atoms with van der Waals surface area (Å²) in [5.74, 6) is 0.491.